The Morgan fingerprint density at radius 2 is 1.57 bits per heavy atom. The van der Waals surface area contributed by atoms with Crippen molar-refractivity contribution in [1.29, 1.82) is 0 Å². The highest BCUT2D eigenvalue weighted by Gasteiger charge is 2.21. The number of fused-ring (bicyclic) bond motifs is 2. The standard InChI is InChI=1S/C18H17NO4/c1-21-11-6-10-4-5-19-17(10)13(7-11)12-8-15(22-2)16(23-3)9-14(12)18(19)20/h6-9H,4-5H2,1-3H3. The molecular formula is C18H17NO4. The van der Waals surface area contributed by atoms with Gasteiger partial charge in [0.25, 0.3) is 5.56 Å². The highest BCUT2D eigenvalue weighted by Crippen LogP contribution is 2.38. The first-order valence-electron chi connectivity index (χ1n) is 7.47. The Labute approximate surface area is 133 Å². The molecule has 2 aromatic carbocycles. The predicted octanol–water partition coefficient (Wildman–Crippen LogP) is 2.74. The first kappa shape index (κ1) is 13.9. The Morgan fingerprint density at radius 3 is 2.22 bits per heavy atom. The Morgan fingerprint density at radius 1 is 0.870 bits per heavy atom. The van der Waals surface area contributed by atoms with Crippen LogP contribution in [0.1, 0.15) is 5.56 Å². The van der Waals surface area contributed by atoms with E-state index >= 15 is 0 Å². The summed E-state index contributed by atoms with van der Waals surface area (Å²) >= 11 is 0. The molecule has 0 fully saturated rings. The molecule has 0 aliphatic carbocycles. The number of aryl methyl sites for hydroxylation is 2. The van der Waals surface area contributed by atoms with Gasteiger partial charge in [0.15, 0.2) is 11.5 Å². The van der Waals surface area contributed by atoms with E-state index in [0.29, 0.717) is 23.4 Å². The van der Waals surface area contributed by atoms with Gasteiger partial charge in [-0.1, -0.05) is 0 Å². The summed E-state index contributed by atoms with van der Waals surface area (Å²) in [7, 11) is 4.82. The quantitative estimate of drug-likeness (QED) is 0.698. The zero-order valence-corrected chi connectivity index (χ0v) is 13.3. The molecule has 23 heavy (non-hydrogen) atoms. The highest BCUT2D eigenvalue weighted by molar-refractivity contribution is 6.08. The molecule has 3 aromatic rings. The van der Waals surface area contributed by atoms with Crippen LogP contribution in [0.15, 0.2) is 29.1 Å². The first-order valence-corrected chi connectivity index (χ1v) is 7.47. The topological polar surface area (TPSA) is 49.7 Å². The third kappa shape index (κ3) is 1.82. The van der Waals surface area contributed by atoms with Gasteiger partial charge < -0.3 is 18.8 Å². The summed E-state index contributed by atoms with van der Waals surface area (Å²) in [6, 6.07) is 7.62. The molecule has 4 rings (SSSR count). The molecule has 0 radical (unpaired) electrons. The van der Waals surface area contributed by atoms with Crippen molar-refractivity contribution in [3.63, 3.8) is 0 Å². The molecular weight excluding hydrogens is 294 g/mol. The summed E-state index contributed by atoms with van der Waals surface area (Å²) in [4.78, 5) is 12.9. The molecule has 5 nitrogen and oxygen atoms in total. The number of ether oxygens (including phenoxy) is 3. The van der Waals surface area contributed by atoms with Gasteiger partial charge in [-0.15, -0.1) is 0 Å². The molecule has 1 aromatic heterocycles. The van der Waals surface area contributed by atoms with Crippen molar-refractivity contribution in [2.75, 3.05) is 21.3 Å². The van der Waals surface area contributed by atoms with E-state index in [1.807, 2.05) is 22.8 Å². The third-order valence-corrected chi connectivity index (χ3v) is 4.56. The number of hydrogen-bond acceptors (Lipinski definition) is 4. The lowest BCUT2D eigenvalue weighted by molar-refractivity contribution is 0.356. The van der Waals surface area contributed by atoms with Crippen LogP contribution in [0.4, 0.5) is 0 Å². The SMILES string of the molecule is COc1cc2c3c(c1)c1cc(OC)c(OC)cc1c(=O)n3CC2. The van der Waals surface area contributed by atoms with Crippen LogP contribution >= 0.6 is 0 Å². The number of methoxy groups -OCH3 is 3. The highest BCUT2D eigenvalue weighted by atomic mass is 16.5. The summed E-state index contributed by atoms with van der Waals surface area (Å²) in [6.45, 7) is 0.697. The third-order valence-electron chi connectivity index (χ3n) is 4.56. The lowest BCUT2D eigenvalue weighted by Crippen LogP contribution is -2.18. The fraction of sp³-hybridized carbons (Fsp3) is 0.278. The van der Waals surface area contributed by atoms with Crippen LogP contribution in [0.2, 0.25) is 0 Å². The van der Waals surface area contributed by atoms with Gasteiger partial charge in [-0.05, 0) is 36.2 Å². The van der Waals surface area contributed by atoms with Gasteiger partial charge in [0.05, 0.1) is 32.2 Å². The number of rotatable bonds is 3. The summed E-state index contributed by atoms with van der Waals surface area (Å²) in [6.07, 6.45) is 0.841. The van der Waals surface area contributed by atoms with E-state index in [2.05, 4.69) is 0 Å². The average molecular weight is 311 g/mol. The zero-order chi connectivity index (χ0) is 16.1. The van der Waals surface area contributed by atoms with Crippen molar-refractivity contribution in [3.05, 3.63) is 40.2 Å². The minimum absolute atomic E-state index is 0.0115. The molecule has 0 spiro atoms. The second-order valence-electron chi connectivity index (χ2n) is 5.64. The van der Waals surface area contributed by atoms with E-state index in [-0.39, 0.29) is 5.56 Å². The summed E-state index contributed by atoms with van der Waals surface area (Å²) in [5, 5.41) is 2.50. The molecule has 118 valence electrons. The van der Waals surface area contributed by atoms with E-state index in [1.54, 1.807) is 27.4 Å². The molecule has 0 atom stereocenters. The van der Waals surface area contributed by atoms with Gasteiger partial charge in [-0.3, -0.25) is 4.79 Å². The van der Waals surface area contributed by atoms with E-state index in [1.165, 1.54) is 0 Å². The van der Waals surface area contributed by atoms with Crippen molar-refractivity contribution in [2.24, 2.45) is 0 Å². The normalized spacial score (nSPS) is 12.8. The van der Waals surface area contributed by atoms with E-state index in [0.717, 1.165) is 34.0 Å². The molecule has 0 saturated heterocycles. The van der Waals surface area contributed by atoms with Gasteiger partial charge in [0, 0.05) is 17.3 Å². The summed E-state index contributed by atoms with van der Waals surface area (Å²) in [5.74, 6) is 1.98. The largest absolute Gasteiger partial charge is 0.497 e. The van der Waals surface area contributed by atoms with E-state index in [4.69, 9.17) is 14.2 Å². The molecule has 0 saturated carbocycles. The smallest absolute Gasteiger partial charge is 0.259 e. The van der Waals surface area contributed by atoms with Crippen molar-refractivity contribution < 1.29 is 14.2 Å². The zero-order valence-electron chi connectivity index (χ0n) is 13.3. The van der Waals surface area contributed by atoms with Crippen molar-refractivity contribution in [3.8, 4) is 17.2 Å². The van der Waals surface area contributed by atoms with E-state index in [9.17, 15) is 4.79 Å². The second-order valence-corrected chi connectivity index (χ2v) is 5.64. The number of nitrogens with zero attached hydrogens (tertiary/aromatic N) is 1. The Balaban J connectivity index is 2.24. The molecule has 5 heteroatoms. The molecule has 2 heterocycles. The van der Waals surface area contributed by atoms with Crippen molar-refractivity contribution >= 4 is 21.7 Å². The maximum Gasteiger partial charge on any atom is 0.259 e. The Kier molecular flexibility index (Phi) is 2.98. The predicted molar refractivity (Wildman–Crippen MR) is 89.1 cm³/mol. The first-order chi connectivity index (χ1) is 11.2. The van der Waals surface area contributed by atoms with Gasteiger partial charge in [0.1, 0.15) is 5.75 Å². The fourth-order valence-electron chi connectivity index (χ4n) is 3.47. The van der Waals surface area contributed by atoms with Crippen LogP contribution in [0.25, 0.3) is 21.7 Å². The molecule has 1 aliphatic rings. The van der Waals surface area contributed by atoms with Crippen LogP contribution in [0, 0.1) is 0 Å². The Bertz CT molecular complexity index is 1000. The van der Waals surface area contributed by atoms with Gasteiger partial charge in [-0.2, -0.15) is 0 Å². The second kappa shape index (κ2) is 4.91. The van der Waals surface area contributed by atoms with Gasteiger partial charge in [-0.25, -0.2) is 0 Å². The lowest BCUT2D eigenvalue weighted by atomic mass is 10.0. The maximum absolute atomic E-state index is 12.9. The molecule has 0 N–H and O–H groups in total. The van der Waals surface area contributed by atoms with Crippen LogP contribution in [0.3, 0.4) is 0 Å². The van der Waals surface area contributed by atoms with Crippen LogP contribution in [-0.2, 0) is 13.0 Å². The molecule has 1 aliphatic heterocycles. The number of aromatic nitrogens is 1. The monoisotopic (exact) mass is 311 g/mol. The minimum Gasteiger partial charge on any atom is -0.497 e. The van der Waals surface area contributed by atoms with Gasteiger partial charge >= 0.3 is 0 Å². The van der Waals surface area contributed by atoms with Crippen LogP contribution in [-0.4, -0.2) is 25.9 Å². The summed E-state index contributed by atoms with van der Waals surface area (Å²) in [5.41, 5.74) is 2.15. The van der Waals surface area contributed by atoms with Gasteiger partial charge in [0.2, 0.25) is 0 Å². The summed E-state index contributed by atoms with van der Waals surface area (Å²) < 4.78 is 18.0. The number of benzene rings is 2. The van der Waals surface area contributed by atoms with Crippen molar-refractivity contribution in [1.82, 2.24) is 4.57 Å². The molecule has 0 amide bonds. The number of hydrogen-bond donors (Lipinski definition) is 0. The maximum atomic E-state index is 12.9. The van der Waals surface area contributed by atoms with Crippen molar-refractivity contribution in [2.45, 2.75) is 13.0 Å². The minimum atomic E-state index is 0.0115. The number of pyridine rings is 1. The van der Waals surface area contributed by atoms with E-state index < -0.39 is 0 Å². The Hall–Kier alpha value is -2.69. The van der Waals surface area contributed by atoms with Crippen LogP contribution in [0.5, 0.6) is 17.2 Å². The van der Waals surface area contributed by atoms with Crippen LogP contribution < -0.4 is 19.8 Å². The fourth-order valence-corrected chi connectivity index (χ4v) is 3.47. The average Bonchev–Trinajstić information content (AvgIpc) is 3.02. The molecule has 0 unspecified atom stereocenters. The molecule has 0 bridgehead atoms. The lowest BCUT2D eigenvalue weighted by Gasteiger charge is -2.13.